The molecule has 2 unspecified atom stereocenters. The van der Waals surface area contributed by atoms with E-state index in [1.165, 1.54) is 176 Å². The van der Waals surface area contributed by atoms with Crippen LogP contribution in [0, 0.1) is 11.8 Å². The summed E-state index contributed by atoms with van der Waals surface area (Å²) in [5.74, 6) is 3.16. The number of benzene rings is 4. The van der Waals surface area contributed by atoms with Crippen LogP contribution in [0.25, 0.3) is 34.4 Å². The minimum atomic E-state index is -3.89. The quantitative estimate of drug-likeness (QED) is 0.110. The summed E-state index contributed by atoms with van der Waals surface area (Å²) >= 11 is -3.89. The van der Waals surface area contributed by atoms with Crippen molar-refractivity contribution in [1.29, 1.82) is 0 Å². The first kappa shape index (κ1) is 48.5. The first-order valence-electron chi connectivity index (χ1n) is 26.2. The summed E-state index contributed by atoms with van der Waals surface area (Å²) in [5, 5.41) is 0. The van der Waals surface area contributed by atoms with Gasteiger partial charge in [-0.2, -0.15) is 0 Å². The molecule has 0 aromatic heterocycles. The molecular formula is C60H80Cl2SiZr. The monoisotopic (exact) mass is 988 g/mol. The molecule has 0 saturated heterocycles. The molecule has 342 valence electrons. The number of allylic oxidation sites excluding steroid dienone is 2. The Kier molecular flexibility index (Phi) is 16.0. The molecule has 0 heterocycles. The molecule has 0 nitrogen and oxygen atoms in total. The van der Waals surface area contributed by atoms with Gasteiger partial charge in [-0.25, -0.2) is 0 Å². The predicted molar refractivity (Wildman–Crippen MR) is 283 cm³/mol. The summed E-state index contributed by atoms with van der Waals surface area (Å²) in [6, 6.07) is 35.0. The number of hydrogen-bond donors (Lipinski definition) is 0. The van der Waals surface area contributed by atoms with Crippen molar-refractivity contribution in [3.8, 4) is 22.3 Å². The molecule has 2 atom stereocenters. The molecule has 6 aliphatic rings. The van der Waals surface area contributed by atoms with Crippen LogP contribution in [0.1, 0.15) is 207 Å². The zero-order chi connectivity index (χ0) is 42.1. The van der Waals surface area contributed by atoms with Crippen LogP contribution < -0.4 is 0 Å². The van der Waals surface area contributed by atoms with E-state index in [1.54, 1.807) is 33.4 Å². The van der Waals surface area contributed by atoms with Crippen LogP contribution in [0.3, 0.4) is 0 Å². The SMILES string of the molecule is Cl.Cl.[CH3][Zr]([CH3])(=[SiH2])([CH]1C(CC2CCCCCC2)=Cc2c(-c3ccc(C4CCCCC4)cc3)cccc21)[CH]1C(CC2CCCCCC2)=Cc2c(-c3ccc(C4CCCCC4)cc3)cccc21. The molecule has 64 heavy (non-hydrogen) atoms. The summed E-state index contributed by atoms with van der Waals surface area (Å²) in [4.78, 5) is 0. The van der Waals surface area contributed by atoms with E-state index in [0.717, 1.165) is 23.7 Å². The molecule has 0 aliphatic heterocycles. The summed E-state index contributed by atoms with van der Waals surface area (Å²) in [6.45, 7) is 2.61. The molecule has 10 rings (SSSR count). The van der Waals surface area contributed by atoms with Crippen molar-refractivity contribution >= 4 is 43.8 Å². The molecule has 4 fully saturated rings. The fraction of sp³-hybridized carbons (Fsp3) is 0.533. The van der Waals surface area contributed by atoms with Crippen molar-refractivity contribution in [2.45, 2.75) is 182 Å². The molecule has 0 spiro atoms. The molecule has 0 radical (unpaired) electrons. The van der Waals surface area contributed by atoms with Gasteiger partial charge in [0.2, 0.25) is 0 Å². The van der Waals surface area contributed by atoms with Crippen molar-refractivity contribution in [3.05, 3.63) is 129 Å². The van der Waals surface area contributed by atoms with E-state index in [-0.39, 0.29) is 24.8 Å². The molecule has 6 aliphatic carbocycles. The van der Waals surface area contributed by atoms with E-state index in [2.05, 4.69) is 113 Å². The van der Waals surface area contributed by atoms with E-state index in [1.807, 2.05) is 11.1 Å². The first-order valence-corrected chi connectivity index (χ1v) is 39.9. The first-order chi connectivity index (χ1) is 30.3. The van der Waals surface area contributed by atoms with Gasteiger partial charge in [0, 0.05) is 0 Å². The molecule has 0 amide bonds. The van der Waals surface area contributed by atoms with Crippen molar-refractivity contribution in [2.75, 3.05) is 0 Å². The van der Waals surface area contributed by atoms with Crippen LogP contribution in [0.2, 0.25) is 9.26 Å². The topological polar surface area (TPSA) is 0 Å². The van der Waals surface area contributed by atoms with Crippen molar-refractivity contribution < 1.29 is 17.4 Å². The van der Waals surface area contributed by atoms with E-state index in [4.69, 9.17) is 0 Å². The molecule has 4 aromatic carbocycles. The van der Waals surface area contributed by atoms with Crippen LogP contribution >= 0.6 is 24.8 Å². The number of halogens is 2. The van der Waals surface area contributed by atoms with Crippen LogP contribution in [0.15, 0.2) is 96.1 Å². The zero-order valence-corrected chi connectivity index (χ0v) is 45.2. The van der Waals surface area contributed by atoms with Crippen LogP contribution in [-0.2, 0) is 17.4 Å². The van der Waals surface area contributed by atoms with E-state index >= 15 is 0 Å². The van der Waals surface area contributed by atoms with Crippen LogP contribution in [0.5, 0.6) is 0 Å². The predicted octanol–water partition coefficient (Wildman–Crippen LogP) is 18.6. The minimum absolute atomic E-state index is 0. The third-order valence-electron chi connectivity index (χ3n) is 17.8. The van der Waals surface area contributed by atoms with Crippen molar-refractivity contribution in [1.82, 2.24) is 0 Å². The van der Waals surface area contributed by atoms with Crippen molar-refractivity contribution in [2.24, 2.45) is 11.8 Å². The summed E-state index contributed by atoms with van der Waals surface area (Å²) in [7, 11) is 0. The molecule has 0 N–H and O–H groups in total. The molecular weight excluding hydrogens is 911 g/mol. The number of fused-ring (bicyclic) bond motifs is 2. The van der Waals surface area contributed by atoms with Gasteiger partial charge in [-0.05, 0) is 0 Å². The second kappa shape index (κ2) is 21.1. The Morgan fingerprint density at radius 3 is 1.11 bits per heavy atom. The Balaban J connectivity index is 0.00000280. The third kappa shape index (κ3) is 10.1. The van der Waals surface area contributed by atoms with Gasteiger partial charge < -0.3 is 0 Å². The zero-order valence-electron chi connectivity index (χ0n) is 39.7. The Morgan fingerprint density at radius 1 is 0.422 bits per heavy atom. The van der Waals surface area contributed by atoms with Gasteiger partial charge >= 0.3 is 382 Å². The molecule has 0 bridgehead atoms. The average Bonchev–Trinajstić information content (AvgIpc) is 3.62. The van der Waals surface area contributed by atoms with Crippen LogP contribution in [0.4, 0.5) is 0 Å². The normalized spacial score (nSPS) is 22.9. The van der Waals surface area contributed by atoms with Gasteiger partial charge in [-0.15, -0.1) is 24.8 Å². The van der Waals surface area contributed by atoms with Crippen LogP contribution in [-0.4, -0.2) is 6.88 Å². The summed E-state index contributed by atoms with van der Waals surface area (Å²) in [6.07, 6.45) is 39.2. The van der Waals surface area contributed by atoms with Gasteiger partial charge in [-0.3, -0.25) is 0 Å². The second-order valence-electron chi connectivity index (χ2n) is 22.9. The summed E-state index contributed by atoms with van der Waals surface area (Å²) < 4.78 is 7.03. The van der Waals surface area contributed by atoms with Gasteiger partial charge in [0.25, 0.3) is 0 Å². The Hall–Kier alpha value is -1.96. The van der Waals surface area contributed by atoms with E-state index in [9.17, 15) is 0 Å². The van der Waals surface area contributed by atoms with Crippen molar-refractivity contribution in [3.63, 3.8) is 0 Å². The molecule has 4 aromatic rings. The Labute approximate surface area is 404 Å². The van der Waals surface area contributed by atoms with E-state index < -0.39 is 17.4 Å². The standard InChI is InChI=1S/2C29H35.2CH3.2ClH.H2Si.Zr/c2*1-2-5-10-22(9-4-1)19-23-20-27-13-8-14-28(29(27)21-23)26-17-15-25(16-18-26)24-11-6-3-7-12-24;;;;;;/h2*8,13-18,20-22,24H,1-7,9-12,19H2;2*1H3;2*1H;1H2;. The maximum absolute atomic E-state index is 3.89. The fourth-order valence-electron chi connectivity index (χ4n) is 14.7. The maximum atomic E-state index is 2.94. The van der Waals surface area contributed by atoms with Gasteiger partial charge in [0.15, 0.2) is 0 Å². The van der Waals surface area contributed by atoms with Gasteiger partial charge in [0.05, 0.1) is 0 Å². The number of rotatable bonds is 10. The fourth-order valence-corrected chi connectivity index (χ4v) is 34.5. The summed E-state index contributed by atoms with van der Waals surface area (Å²) in [5.41, 5.74) is 19.1. The average molecular weight is 992 g/mol. The Morgan fingerprint density at radius 2 is 0.750 bits per heavy atom. The Bertz CT molecular complexity index is 2160. The third-order valence-corrected chi connectivity index (χ3v) is 35.3. The van der Waals surface area contributed by atoms with Gasteiger partial charge in [0.1, 0.15) is 0 Å². The molecule has 4 saturated carbocycles. The number of hydrogen-bond acceptors (Lipinski definition) is 0. The second-order valence-corrected chi connectivity index (χ2v) is 53.4. The van der Waals surface area contributed by atoms with E-state index in [0.29, 0.717) is 7.25 Å². The van der Waals surface area contributed by atoms with Gasteiger partial charge in [-0.1, -0.05) is 0 Å². The molecule has 4 heteroatoms.